The highest BCUT2D eigenvalue weighted by molar-refractivity contribution is 5.69. The molecule has 0 aromatic heterocycles. The second-order valence-corrected chi connectivity index (χ2v) is 18.0. The Morgan fingerprint density at radius 1 is 0.471 bits per heavy atom. The van der Waals surface area contributed by atoms with Gasteiger partial charge in [-0.05, 0) is 90.0 Å². The van der Waals surface area contributed by atoms with Crippen LogP contribution in [0.3, 0.4) is 0 Å². The minimum absolute atomic E-state index is 0. The van der Waals surface area contributed by atoms with Crippen molar-refractivity contribution in [2.24, 2.45) is 0 Å². The van der Waals surface area contributed by atoms with Gasteiger partial charge in [0.1, 0.15) is 12.1 Å². The van der Waals surface area contributed by atoms with Crippen LogP contribution < -0.4 is 37.9 Å². The van der Waals surface area contributed by atoms with Crippen molar-refractivity contribution in [2.75, 3.05) is 110 Å². The molecular weight excluding hydrogens is 869 g/mol. The van der Waals surface area contributed by atoms with Gasteiger partial charge in [0.25, 0.3) is 0 Å². The van der Waals surface area contributed by atoms with Crippen molar-refractivity contribution in [3.8, 4) is 46.0 Å². The standard InChI is InChI=1S/C53H72N2O12.CH4/c1-54(22-18-38-32-48(62-7)50(64-9)34-40(38)42(54)28-36-14-16-44(58-3)46(30-36)60-5)24-20-52(56)66-26-12-11-13-27-67-53(57)21-25-55(2)23-19-39-33-49(63-8)51(65-10)35-41(39)43(55)29-37-15-17-45(59-4)47(31-37)61-6;/h14-17,30-35,42-43H,11-13,18-29H2,1-10H3;1H4/q+2;. The molecule has 0 bridgehead atoms. The van der Waals surface area contributed by atoms with Crippen molar-refractivity contribution in [3.05, 3.63) is 94.0 Å². The number of benzene rings is 4. The van der Waals surface area contributed by atoms with Crippen molar-refractivity contribution >= 4 is 11.9 Å². The Morgan fingerprint density at radius 3 is 1.16 bits per heavy atom. The lowest BCUT2D eigenvalue weighted by Gasteiger charge is -2.46. The molecule has 372 valence electrons. The van der Waals surface area contributed by atoms with E-state index in [2.05, 4.69) is 50.5 Å². The first-order chi connectivity index (χ1) is 32.4. The minimum atomic E-state index is -0.215. The molecule has 4 unspecified atom stereocenters. The Kier molecular flexibility index (Phi) is 19.1. The molecule has 0 N–H and O–H groups in total. The molecule has 0 aliphatic carbocycles. The highest BCUT2D eigenvalue weighted by Gasteiger charge is 2.42. The highest BCUT2D eigenvalue weighted by Crippen LogP contribution is 2.45. The molecular formula is C54H76N2O12+2. The highest BCUT2D eigenvalue weighted by atomic mass is 16.5. The number of ether oxygens (including phenoxy) is 10. The molecule has 14 heteroatoms. The fourth-order valence-electron chi connectivity index (χ4n) is 9.91. The van der Waals surface area contributed by atoms with Crippen molar-refractivity contribution in [1.29, 1.82) is 0 Å². The van der Waals surface area contributed by atoms with Crippen LogP contribution in [0.4, 0.5) is 0 Å². The van der Waals surface area contributed by atoms with Gasteiger partial charge in [-0.2, -0.15) is 0 Å². The van der Waals surface area contributed by atoms with E-state index < -0.39 is 0 Å². The van der Waals surface area contributed by atoms with Crippen molar-refractivity contribution < 1.29 is 65.9 Å². The Labute approximate surface area is 404 Å². The van der Waals surface area contributed by atoms with E-state index >= 15 is 0 Å². The smallest absolute Gasteiger partial charge is 0.311 e. The Morgan fingerprint density at radius 2 is 0.809 bits per heavy atom. The average Bonchev–Trinajstić information content (AvgIpc) is 3.35. The predicted octanol–water partition coefficient (Wildman–Crippen LogP) is 8.70. The molecule has 0 saturated carbocycles. The van der Waals surface area contributed by atoms with E-state index in [1.807, 2.05) is 24.3 Å². The molecule has 4 atom stereocenters. The van der Waals surface area contributed by atoms with Gasteiger partial charge < -0.3 is 56.3 Å². The lowest BCUT2D eigenvalue weighted by atomic mass is 9.86. The SMILES string of the molecule is C.COc1ccc(CC2c3cc(OC)c(OC)cc3CC[N+]2(C)CCC(=O)OCCCCCOC(=O)CC[N+]2(C)CCc3cc(OC)c(OC)cc3C2Cc2ccc(OC)c(OC)c2)cc1OC. The molecule has 0 spiro atoms. The zero-order valence-electron chi connectivity index (χ0n) is 41.3. The third kappa shape index (κ3) is 12.4. The van der Waals surface area contributed by atoms with E-state index in [0.717, 1.165) is 56.3 Å². The number of hydrogen-bond donors (Lipinski definition) is 0. The molecule has 14 nitrogen and oxygen atoms in total. The van der Waals surface area contributed by atoms with E-state index in [1.165, 1.54) is 22.3 Å². The number of hydrogen-bond acceptors (Lipinski definition) is 12. The number of rotatable bonds is 24. The zero-order valence-corrected chi connectivity index (χ0v) is 41.3. The largest absolute Gasteiger partial charge is 0.493 e. The Hall–Kier alpha value is -5.86. The van der Waals surface area contributed by atoms with Gasteiger partial charge in [0.05, 0.1) is 123 Å². The van der Waals surface area contributed by atoms with E-state index in [0.29, 0.717) is 107 Å². The summed E-state index contributed by atoms with van der Waals surface area (Å²) >= 11 is 0. The summed E-state index contributed by atoms with van der Waals surface area (Å²) in [4.78, 5) is 26.4. The molecule has 2 aliphatic rings. The summed E-state index contributed by atoms with van der Waals surface area (Å²) in [6.45, 7) is 3.57. The summed E-state index contributed by atoms with van der Waals surface area (Å²) in [7, 11) is 17.6. The number of carbonyl (C=O) groups excluding carboxylic acids is 2. The average molecular weight is 945 g/mol. The summed E-state index contributed by atoms with van der Waals surface area (Å²) in [6.07, 6.45) is 5.85. The summed E-state index contributed by atoms with van der Waals surface area (Å²) in [6, 6.07) is 20.5. The molecule has 0 fully saturated rings. The maximum Gasteiger partial charge on any atom is 0.311 e. The van der Waals surface area contributed by atoms with E-state index in [9.17, 15) is 9.59 Å². The number of fused-ring (bicyclic) bond motifs is 2. The molecule has 6 rings (SSSR count). The van der Waals surface area contributed by atoms with Crippen LogP contribution in [0.1, 0.15) is 85.0 Å². The van der Waals surface area contributed by atoms with Crippen molar-refractivity contribution in [1.82, 2.24) is 0 Å². The first-order valence-electron chi connectivity index (χ1n) is 23.3. The second-order valence-electron chi connectivity index (χ2n) is 18.0. The molecule has 0 saturated heterocycles. The van der Waals surface area contributed by atoms with E-state index in [-0.39, 0.29) is 31.4 Å². The van der Waals surface area contributed by atoms with Crippen LogP contribution in [0.25, 0.3) is 0 Å². The number of quaternary nitrogens is 2. The predicted molar refractivity (Wildman–Crippen MR) is 262 cm³/mol. The van der Waals surface area contributed by atoms with Crippen LogP contribution in [0, 0.1) is 0 Å². The maximum absolute atomic E-state index is 13.2. The number of unbranched alkanes of at least 4 members (excludes halogenated alkanes) is 2. The van der Waals surface area contributed by atoms with Crippen molar-refractivity contribution in [2.45, 2.75) is 77.3 Å². The van der Waals surface area contributed by atoms with Gasteiger partial charge in [0, 0.05) is 36.8 Å². The quantitative estimate of drug-likeness (QED) is 0.0379. The molecule has 2 aliphatic heterocycles. The molecule has 4 aromatic carbocycles. The lowest BCUT2D eigenvalue weighted by Crippen LogP contribution is -2.53. The zero-order chi connectivity index (χ0) is 48.1. The van der Waals surface area contributed by atoms with Gasteiger partial charge in [0.2, 0.25) is 0 Å². The second kappa shape index (κ2) is 24.4. The molecule has 0 amide bonds. The van der Waals surface area contributed by atoms with Gasteiger partial charge in [-0.3, -0.25) is 9.59 Å². The van der Waals surface area contributed by atoms with Crippen molar-refractivity contribution in [3.63, 3.8) is 0 Å². The third-order valence-corrected chi connectivity index (χ3v) is 14.0. The van der Waals surface area contributed by atoms with Gasteiger partial charge in [-0.1, -0.05) is 19.6 Å². The molecule has 2 heterocycles. The van der Waals surface area contributed by atoms with Crippen LogP contribution in [0.15, 0.2) is 60.7 Å². The lowest BCUT2D eigenvalue weighted by molar-refractivity contribution is -0.940. The van der Waals surface area contributed by atoms with Crippen LogP contribution in [-0.2, 0) is 44.7 Å². The maximum atomic E-state index is 13.2. The van der Waals surface area contributed by atoms with Gasteiger partial charge >= 0.3 is 11.9 Å². The fourth-order valence-corrected chi connectivity index (χ4v) is 9.91. The number of methoxy groups -OCH3 is 8. The fraction of sp³-hybridized carbons (Fsp3) is 0.519. The van der Waals surface area contributed by atoms with Gasteiger partial charge in [-0.15, -0.1) is 0 Å². The van der Waals surface area contributed by atoms with Crippen LogP contribution in [-0.4, -0.2) is 131 Å². The number of nitrogens with zero attached hydrogens (tertiary/aromatic N) is 2. The summed E-state index contributed by atoms with van der Waals surface area (Å²) < 4.78 is 57.8. The minimum Gasteiger partial charge on any atom is -0.493 e. The van der Waals surface area contributed by atoms with Gasteiger partial charge in [0.15, 0.2) is 46.0 Å². The third-order valence-electron chi connectivity index (χ3n) is 14.0. The van der Waals surface area contributed by atoms with Crippen LogP contribution >= 0.6 is 0 Å². The molecule has 68 heavy (non-hydrogen) atoms. The Bertz CT molecular complexity index is 2160. The first-order valence-corrected chi connectivity index (χ1v) is 23.3. The normalized spacial score (nSPS) is 19.3. The van der Waals surface area contributed by atoms with Crippen LogP contribution in [0.5, 0.6) is 46.0 Å². The summed E-state index contributed by atoms with van der Waals surface area (Å²) in [5.41, 5.74) is 7.00. The van der Waals surface area contributed by atoms with E-state index in [1.54, 1.807) is 56.9 Å². The number of esters is 2. The molecule has 4 aromatic rings. The summed E-state index contributed by atoms with van der Waals surface area (Å²) in [5.74, 6) is 5.06. The summed E-state index contributed by atoms with van der Waals surface area (Å²) in [5, 5.41) is 0. The number of carbonyl (C=O) groups is 2. The topological polar surface area (TPSA) is 126 Å². The monoisotopic (exact) mass is 945 g/mol. The number of likely N-dealkylation sites (N-methyl/N-ethyl adjacent to an activating group) is 2. The van der Waals surface area contributed by atoms with E-state index in [4.69, 9.17) is 47.4 Å². The van der Waals surface area contributed by atoms with Crippen LogP contribution in [0.2, 0.25) is 0 Å². The molecule has 0 radical (unpaired) electrons. The van der Waals surface area contributed by atoms with Gasteiger partial charge in [-0.25, -0.2) is 0 Å². The Balaban J connectivity index is 0.00000864. The first kappa shape index (κ1) is 53.1.